The Balaban J connectivity index is 4.68. The normalized spacial score (nSPS) is 13.9. The first-order valence-corrected chi connectivity index (χ1v) is 6.76. The molecule has 3 heteroatoms. The molecule has 0 aliphatic carbocycles. The van der Waals surface area contributed by atoms with Gasteiger partial charge in [0.25, 0.3) is 0 Å². The van der Waals surface area contributed by atoms with Crippen molar-refractivity contribution in [1.82, 2.24) is 4.90 Å². The van der Waals surface area contributed by atoms with Gasteiger partial charge >= 0.3 is 0 Å². The Hall–Kier alpha value is -0.860. The van der Waals surface area contributed by atoms with Gasteiger partial charge in [0.15, 0.2) is 0 Å². The first-order valence-electron chi connectivity index (χ1n) is 6.76. The summed E-state index contributed by atoms with van der Waals surface area (Å²) in [5, 5.41) is 7.46. The van der Waals surface area contributed by atoms with Crippen molar-refractivity contribution in [2.24, 2.45) is 10.9 Å². The zero-order chi connectivity index (χ0) is 13.4. The van der Waals surface area contributed by atoms with E-state index in [0.717, 1.165) is 18.8 Å². The fraction of sp³-hybridized carbons (Fsp3) is 0.857. The van der Waals surface area contributed by atoms with Crippen molar-refractivity contribution >= 4 is 11.5 Å². The van der Waals surface area contributed by atoms with Gasteiger partial charge in [-0.25, -0.2) is 0 Å². The number of aliphatic imine (C=N–C) groups is 1. The summed E-state index contributed by atoms with van der Waals surface area (Å²) in [6.45, 7) is 14.5. The second-order valence-corrected chi connectivity index (χ2v) is 5.13. The summed E-state index contributed by atoms with van der Waals surface area (Å²) in [7, 11) is 0. The predicted molar refractivity (Wildman–Crippen MR) is 77.3 cm³/mol. The third kappa shape index (κ3) is 6.44. The van der Waals surface area contributed by atoms with Crippen LogP contribution in [-0.4, -0.2) is 35.6 Å². The maximum Gasteiger partial charge on any atom is 0.0993 e. The van der Waals surface area contributed by atoms with Crippen LogP contribution in [0.25, 0.3) is 0 Å². The van der Waals surface area contributed by atoms with Crippen LogP contribution in [0.15, 0.2) is 4.99 Å². The number of rotatable bonds is 7. The molecule has 1 unspecified atom stereocenters. The highest BCUT2D eigenvalue weighted by Crippen LogP contribution is 2.13. The molecule has 0 heterocycles. The monoisotopic (exact) mass is 239 g/mol. The molecule has 0 amide bonds. The Labute approximate surface area is 107 Å². The second kappa shape index (κ2) is 8.26. The lowest BCUT2D eigenvalue weighted by molar-refractivity contribution is 0.295. The molecule has 3 nitrogen and oxygen atoms in total. The van der Waals surface area contributed by atoms with Crippen LogP contribution < -0.4 is 0 Å². The lowest BCUT2D eigenvalue weighted by atomic mass is 10.0. The molecular formula is C14H29N3. The number of nitrogens with zero attached hydrogens (tertiary/aromatic N) is 2. The fourth-order valence-electron chi connectivity index (χ4n) is 2.17. The molecule has 0 spiro atoms. The Bertz CT molecular complexity index is 256. The van der Waals surface area contributed by atoms with E-state index >= 15 is 0 Å². The summed E-state index contributed by atoms with van der Waals surface area (Å²) >= 11 is 0. The first-order chi connectivity index (χ1) is 7.92. The zero-order valence-electron chi connectivity index (χ0n) is 12.4. The van der Waals surface area contributed by atoms with Crippen molar-refractivity contribution in [2.75, 3.05) is 13.1 Å². The van der Waals surface area contributed by atoms with Gasteiger partial charge in [-0.15, -0.1) is 0 Å². The lowest BCUT2D eigenvalue weighted by Gasteiger charge is -2.32. The van der Waals surface area contributed by atoms with Gasteiger partial charge in [0.2, 0.25) is 0 Å². The predicted octanol–water partition coefficient (Wildman–Crippen LogP) is 3.59. The average Bonchev–Trinajstić information content (AvgIpc) is 2.22. The third-order valence-electron chi connectivity index (χ3n) is 2.83. The summed E-state index contributed by atoms with van der Waals surface area (Å²) in [6, 6.07) is 0.532. The summed E-state index contributed by atoms with van der Waals surface area (Å²) in [5.41, 5.74) is 0.628. The Morgan fingerprint density at radius 2 is 1.82 bits per heavy atom. The molecule has 17 heavy (non-hydrogen) atoms. The molecule has 0 aromatic carbocycles. The Morgan fingerprint density at radius 3 is 2.18 bits per heavy atom. The van der Waals surface area contributed by atoms with Crippen molar-refractivity contribution in [3.63, 3.8) is 0 Å². The summed E-state index contributed by atoms with van der Waals surface area (Å²) in [5.74, 6) is 1.86. The zero-order valence-corrected chi connectivity index (χ0v) is 12.4. The summed E-state index contributed by atoms with van der Waals surface area (Å²) in [6.07, 6.45) is 2.14. The van der Waals surface area contributed by atoms with Crippen LogP contribution in [0.3, 0.4) is 0 Å². The van der Waals surface area contributed by atoms with Crippen LogP contribution in [0.5, 0.6) is 0 Å². The van der Waals surface area contributed by atoms with Gasteiger partial charge < -0.3 is 10.3 Å². The van der Waals surface area contributed by atoms with Gasteiger partial charge in [0.05, 0.1) is 12.4 Å². The summed E-state index contributed by atoms with van der Waals surface area (Å²) in [4.78, 5) is 6.94. The minimum atomic E-state index is 0.532. The van der Waals surface area contributed by atoms with E-state index in [1.807, 2.05) is 6.92 Å². The molecule has 0 aromatic rings. The number of nitrogens with one attached hydrogen (secondary N) is 1. The van der Waals surface area contributed by atoms with Crippen LogP contribution in [0.4, 0.5) is 0 Å². The van der Waals surface area contributed by atoms with E-state index in [1.165, 1.54) is 6.42 Å². The molecule has 0 saturated heterocycles. The number of hydrogen-bond acceptors (Lipinski definition) is 2. The van der Waals surface area contributed by atoms with Crippen molar-refractivity contribution < 1.29 is 0 Å². The van der Waals surface area contributed by atoms with Gasteiger partial charge in [0.1, 0.15) is 0 Å². The smallest absolute Gasteiger partial charge is 0.0993 e. The van der Waals surface area contributed by atoms with E-state index in [0.29, 0.717) is 24.2 Å². The molecule has 0 aromatic heterocycles. The quantitative estimate of drug-likeness (QED) is 0.535. The van der Waals surface area contributed by atoms with Crippen molar-refractivity contribution in [2.45, 2.75) is 60.4 Å². The molecule has 100 valence electrons. The average molecular weight is 239 g/mol. The van der Waals surface area contributed by atoms with Gasteiger partial charge in [0, 0.05) is 24.7 Å². The molecule has 0 radical (unpaired) electrons. The maximum absolute atomic E-state index is 7.46. The molecule has 0 saturated carbocycles. The molecule has 0 aliphatic heterocycles. The van der Waals surface area contributed by atoms with Crippen molar-refractivity contribution in [3.05, 3.63) is 0 Å². The minimum absolute atomic E-state index is 0.532. The lowest BCUT2D eigenvalue weighted by Crippen LogP contribution is -2.39. The SMILES string of the molecule is CCC(=NCC(C)=N)N(CC)C(C)CC(C)C. The third-order valence-corrected chi connectivity index (χ3v) is 2.83. The standard InChI is InChI=1S/C14H29N3/c1-7-14(16-10-12(5)15)17(8-2)13(6)9-11(3)4/h11,13,15H,7-10H2,1-6H3. The highest BCUT2D eigenvalue weighted by molar-refractivity contribution is 5.87. The highest BCUT2D eigenvalue weighted by Gasteiger charge is 2.16. The molecule has 0 bridgehead atoms. The van der Waals surface area contributed by atoms with E-state index in [9.17, 15) is 0 Å². The van der Waals surface area contributed by atoms with Gasteiger partial charge in [-0.3, -0.25) is 4.99 Å². The molecule has 0 fully saturated rings. The second-order valence-electron chi connectivity index (χ2n) is 5.13. The Morgan fingerprint density at radius 1 is 1.24 bits per heavy atom. The van der Waals surface area contributed by atoms with Gasteiger partial charge in [-0.1, -0.05) is 20.8 Å². The molecule has 0 rings (SSSR count). The molecule has 1 atom stereocenters. The van der Waals surface area contributed by atoms with Crippen molar-refractivity contribution in [1.29, 1.82) is 5.41 Å². The van der Waals surface area contributed by atoms with E-state index < -0.39 is 0 Å². The van der Waals surface area contributed by atoms with Gasteiger partial charge in [-0.05, 0) is 33.1 Å². The van der Waals surface area contributed by atoms with Crippen LogP contribution >= 0.6 is 0 Å². The molecular weight excluding hydrogens is 210 g/mol. The van der Waals surface area contributed by atoms with Crippen LogP contribution in [0.2, 0.25) is 0 Å². The van der Waals surface area contributed by atoms with Crippen LogP contribution in [-0.2, 0) is 0 Å². The number of hydrogen-bond donors (Lipinski definition) is 1. The van der Waals surface area contributed by atoms with E-state index in [2.05, 4.69) is 44.5 Å². The number of amidine groups is 1. The van der Waals surface area contributed by atoms with E-state index in [-0.39, 0.29) is 0 Å². The van der Waals surface area contributed by atoms with Gasteiger partial charge in [-0.2, -0.15) is 0 Å². The largest absolute Gasteiger partial charge is 0.358 e. The summed E-state index contributed by atoms with van der Waals surface area (Å²) < 4.78 is 0. The topological polar surface area (TPSA) is 39.5 Å². The Kier molecular flexibility index (Phi) is 7.85. The molecule has 0 aliphatic rings. The molecule has 1 N–H and O–H groups in total. The van der Waals surface area contributed by atoms with Crippen LogP contribution in [0, 0.1) is 11.3 Å². The first kappa shape index (κ1) is 16.1. The highest BCUT2D eigenvalue weighted by atomic mass is 15.2. The van der Waals surface area contributed by atoms with Crippen molar-refractivity contribution in [3.8, 4) is 0 Å². The fourth-order valence-corrected chi connectivity index (χ4v) is 2.17. The maximum atomic E-state index is 7.46. The van der Waals surface area contributed by atoms with E-state index in [1.54, 1.807) is 0 Å². The van der Waals surface area contributed by atoms with Crippen LogP contribution in [0.1, 0.15) is 54.4 Å². The minimum Gasteiger partial charge on any atom is -0.358 e. The van der Waals surface area contributed by atoms with E-state index in [4.69, 9.17) is 5.41 Å².